The first-order valence-corrected chi connectivity index (χ1v) is 6.42. The molecule has 2 aliphatic carbocycles. The fourth-order valence-electron chi connectivity index (χ4n) is 2.51. The van der Waals surface area contributed by atoms with E-state index in [9.17, 15) is 9.59 Å². The molecule has 2 rings (SSSR count). The van der Waals surface area contributed by atoms with E-state index in [2.05, 4.69) is 0 Å². The van der Waals surface area contributed by atoms with Crippen LogP contribution in [0, 0.1) is 5.41 Å². The molecule has 0 spiro atoms. The van der Waals surface area contributed by atoms with Crippen LogP contribution in [0.15, 0.2) is 11.6 Å². The molecule has 0 aromatic heterocycles. The fourth-order valence-corrected chi connectivity index (χ4v) is 2.51. The summed E-state index contributed by atoms with van der Waals surface area (Å²) in [5.41, 5.74) is 0.255. The summed E-state index contributed by atoms with van der Waals surface area (Å²) in [4.78, 5) is 23.7. The van der Waals surface area contributed by atoms with Crippen LogP contribution >= 0.6 is 0 Å². The van der Waals surface area contributed by atoms with Crippen molar-refractivity contribution in [2.75, 3.05) is 0 Å². The third kappa shape index (κ3) is 2.96. The lowest BCUT2D eigenvalue weighted by Gasteiger charge is -2.27. The maximum Gasteiger partial charge on any atom is 0.341 e. The highest BCUT2D eigenvalue weighted by Crippen LogP contribution is 2.33. The molecule has 0 aromatic rings. The topological polar surface area (TPSA) is 43.4 Å². The van der Waals surface area contributed by atoms with Crippen LogP contribution in [0.5, 0.6) is 0 Å². The Morgan fingerprint density at radius 2 is 2.00 bits per heavy atom. The van der Waals surface area contributed by atoms with Gasteiger partial charge in [0.15, 0.2) is 5.78 Å². The van der Waals surface area contributed by atoms with Crippen molar-refractivity contribution in [2.45, 2.75) is 58.5 Å². The van der Waals surface area contributed by atoms with Crippen molar-refractivity contribution in [2.24, 2.45) is 5.41 Å². The van der Waals surface area contributed by atoms with Gasteiger partial charge in [0.2, 0.25) is 0 Å². The minimum absolute atomic E-state index is 0.0196. The van der Waals surface area contributed by atoms with E-state index >= 15 is 0 Å². The average molecular weight is 236 g/mol. The summed E-state index contributed by atoms with van der Waals surface area (Å²) in [6.07, 6.45) is 7.13. The number of Topliss-reactive ketones (excluding diaryl/α,β-unsaturated/α-hetero) is 1. The molecule has 0 heterocycles. The van der Waals surface area contributed by atoms with Crippen LogP contribution < -0.4 is 0 Å². The molecule has 2 aliphatic rings. The number of hydrogen-bond donors (Lipinski definition) is 0. The Bertz CT molecular complexity index is 360. The Labute approximate surface area is 102 Å². The van der Waals surface area contributed by atoms with Gasteiger partial charge >= 0.3 is 5.97 Å². The molecule has 94 valence electrons. The standard InChI is InChI=1S/C14H20O3/c1-14(2)8-7-11(12(15)9-14)13(16)17-10-5-3-4-6-10/h7,10H,3-6,8-9H2,1-2H3. The van der Waals surface area contributed by atoms with E-state index < -0.39 is 5.97 Å². The van der Waals surface area contributed by atoms with Crippen LogP contribution in [-0.4, -0.2) is 17.9 Å². The van der Waals surface area contributed by atoms with Gasteiger partial charge in [0.1, 0.15) is 6.10 Å². The van der Waals surface area contributed by atoms with Gasteiger partial charge in [0.25, 0.3) is 0 Å². The molecule has 17 heavy (non-hydrogen) atoms. The van der Waals surface area contributed by atoms with E-state index in [1.807, 2.05) is 13.8 Å². The molecular formula is C14H20O3. The number of esters is 1. The molecule has 0 amide bonds. The summed E-state index contributed by atoms with van der Waals surface area (Å²) >= 11 is 0. The lowest BCUT2D eigenvalue weighted by molar-refractivity contribution is -0.145. The molecule has 1 fully saturated rings. The molecule has 0 unspecified atom stereocenters. The second kappa shape index (κ2) is 4.63. The van der Waals surface area contributed by atoms with E-state index in [0.717, 1.165) is 32.1 Å². The van der Waals surface area contributed by atoms with Crippen LogP contribution in [0.25, 0.3) is 0 Å². The molecule has 0 aromatic carbocycles. The predicted octanol–water partition coefficient (Wildman–Crippen LogP) is 2.79. The third-order valence-electron chi connectivity index (χ3n) is 3.59. The molecule has 0 N–H and O–H groups in total. The van der Waals surface area contributed by atoms with Gasteiger partial charge in [-0.05, 0) is 37.5 Å². The van der Waals surface area contributed by atoms with Gasteiger partial charge in [-0.25, -0.2) is 4.79 Å². The number of carbonyl (C=O) groups excluding carboxylic acids is 2. The fraction of sp³-hybridized carbons (Fsp3) is 0.714. The monoisotopic (exact) mass is 236 g/mol. The van der Waals surface area contributed by atoms with Gasteiger partial charge < -0.3 is 4.74 Å². The van der Waals surface area contributed by atoms with Crippen molar-refractivity contribution in [3.8, 4) is 0 Å². The summed E-state index contributed by atoms with van der Waals surface area (Å²) in [7, 11) is 0. The number of carbonyl (C=O) groups is 2. The largest absolute Gasteiger partial charge is 0.459 e. The first-order valence-electron chi connectivity index (χ1n) is 6.42. The van der Waals surface area contributed by atoms with Crippen LogP contribution in [0.1, 0.15) is 52.4 Å². The van der Waals surface area contributed by atoms with Crippen molar-refractivity contribution >= 4 is 11.8 Å². The van der Waals surface area contributed by atoms with E-state index in [4.69, 9.17) is 4.74 Å². The minimum atomic E-state index is -0.405. The van der Waals surface area contributed by atoms with E-state index in [1.54, 1.807) is 6.08 Å². The van der Waals surface area contributed by atoms with Crippen molar-refractivity contribution in [1.82, 2.24) is 0 Å². The molecule has 0 bridgehead atoms. The smallest absolute Gasteiger partial charge is 0.341 e. The summed E-state index contributed by atoms with van der Waals surface area (Å²) in [5.74, 6) is -0.471. The predicted molar refractivity (Wildman–Crippen MR) is 64.5 cm³/mol. The second-order valence-electron chi connectivity index (χ2n) is 5.90. The molecule has 0 saturated heterocycles. The Balaban J connectivity index is 1.99. The summed E-state index contributed by atoms with van der Waals surface area (Å²) in [6.45, 7) is 4.08. The van der Waals surface area contributed by atoms with Gasteiger partial charge in [-0.1, -0.05) is 19.9 Å². The van der Waals surface area contributed by atoms with Gasteiger partial charge in [-0.15, -0.1) is 0 Å². The Morgan fingerprint density at radius 3 is 2.59 bits per heavy atom. The highest BCUT2D eigenvalue weighted by Gasteiger charge is 2.32. The maximum absolute atomic E-state index is 11.9. The van der Waals surface area contributed by atoms with Crippen LogP contribution in [0.3, 0.4) is 0 Å². The molecular weight excluding hydrogens is 216 g/mol. The van der Waals surface area contributed by atoms with E-state index in [-0.39, 0.29) is 22.9 Å². The Hall–Kier alpha value is -1.12. The lowest BCUT2D eigenvalue weighted by Crippen LogP contribution is -2.28. The lowest BCUT2D eigenvalue weighted by atomic mass is 9.77. The Morgan fingerprint density at radius 1 is 1.35 bits per heavy atom. The highest BCUT2D eigenvalue weighted by molar-refractivity contribution is 6.17. The zero-order valence-corrected chi connectivity index (χ0v) is 10.6. The van der Waals surface area contributed by atoms with Gasteiger partial charge in [-0.2, -0.15) is 0 Å². The van der Waals surface area contributed by atoms with E-state index in [0.29, 0.717) is 6.42 Å². The zero-order valence-electron chi connectivity index (χ0n) is 10.6. The number of ketones is 1. The normalized spacial score (nSPS) is 24.6. The number of ether oxygens (including phenoxy) is 1. The highest BCUT2D eigenvalue weighted by atomic mass is 16.5. The number of hydrogen-bond acceptors (Lipinski definition) is 3. The van der Waals surface area contributed by atoms with Gasteiger partial charge in [0, 0.05) is 6.42 Å². The number of allylic oxidation sites excluding steroid dienone is 1. The average Bonchev–Trinajstić information content (AvgIpc) is 2.68. The molecule has 0 radical (unpaired) electrons. The van der Waals surface area contributed by atoms with E-state index in [1.165, 1.54) is 0 Å². The maximum atomic E-state index is 11.9. The molecule has 0 atom stereocenters. The molecule has 3 nitrogen and oxygen atoms in total. The van der Waals surface area contributed by atoms with Crippen LogP contribution in [0.4, 0.5) is 0 Å². The van der Waals surface area contributed by atoms with Crippen LogP contribution in [0.2, 0.25) is 0 Å². The third-order valence-corrected chi connectivity index (χ3v) is 3.59. The van der Waals surface area contributed by atoms with Crippen molar-refractivity contribution in [3.63, 3.8) is 0 Å². The van der Waals surface area contributed by atoms with Gasteiger partial charge in [0.05, 0.1) is 5.57 Å². The molecule has 3 heteroatoms. The first-order chi connectivity index (χ1) is 7.98. The number of rotatable bonds is 2. The minimum Gasteiger partial charge on any atom is -0.459 e. The van der Waals surface area contributed by atoms with Crippen molar-refractivity contribution in [3.05, 3.63) is 11.6 Å². The zero-order chi connectivity index (χ0) is 12.5. The van der Waals surface area contributed by atoms with Crippen molar-refractivity contribution < 1.29 is 14.3 Å². The molecule has 0 aliphatic heterocycles. The van der Waals surface area contributed by atoms with Crippen molar-refractivity contribution in [1.29, 1.82) is 0 Å². The van der Waals surface area contributed by atoms with Gasteiger partial charge in [-0.3, -0.25) is 4.79 Å². The first kappa shape index (κ1) is 12.3. The summed E-state index contributed by atoms with van der Waals surface area (Å²) < 4.78 is 5.36. The molecule has 1 saturated carbocycles. The summed E-state index contributed by atoms with van der Waals surface area (Å²) in [5, 5.41) is 0. The second-order valence-corrected chi connectivity index (χ2v) is 5.90. The quantitative estimate of drug-likeness (QED) is 0.547. The van der Waals surface area contributed by atoms with Crippen LogP contribution in [-0.2, 0) is 14.3 Å². The SMILES string of the molecule is CC1(C)CC=C(C(=O)OC2CCCC2)C(=O)C1. The summed E-state index contributed by atoms with van der Waals surface area (Å²) in [6, 6.07) is 0. The Kier molecular flexibility index (Phi) is 3.36.